The number of hydrogen-bond donors (Lipinski definition) is 1. The molecule has 20 heavy (non-hydrogen) atoms. The summed E-state index contributed by atoms with van der Waals surface area (Å²) in [5, 5.41) is 3.44. The Labute approximate surface area is 128 Å². The maximum absolute atomic E-state index is 12.1. The highest BCUT2D eigenvalue weighted by Crippen LogP contribution is 2.20. The van der Waals surface area contributed by atoms with Gasteiger partial charge in [-0.25, -0.2) is 0 Å². The lowest BCUT2D eigenvalue weighted by atomic mass is 10.2. The zero-order valence-electron chi connectivity index (χ0n) is 11.2. The highest BCUT2D eigenvalue weighted by atomic mass is 35.5. The van der Waals surface area contributed by atoms with E-state index in [4.69, 9.17) is 11.6 Å². The van der Waals surface area contributed by atoms with Crippen LogP contribution in [0.5, 0.6) is 0 Å². The first-order valence-electron chi connectivity index (χ1n) is 6.37. The Bertz CT molecular complexity index is 556. The van der Waals surface area contributed by atoms with Crippen LogP contribution in [0.4, 0.5) is 5.69 Å². The Hall–Kier alpha value is -1.45. The second kappa shape index (κ2) is 7.36. The van der Waals surface area contributed by atoms with E-state index in [1.165, 1.54) is 5.56 Å². The average molecular weight is 306 g/mol. The number of hydrogen-bond acceptors (Lipinski definition) is 2. The molecule has 0 fully saturated rings. The predicted octanol–water partition coefficient (Wildman–Crippen LogP) is 4.60. The molecule has 0 aliphatic carbocycles. The fourth-order valence-corrected chi connectivity index (χ4v) is 2.62. The second-order valence-electron chi connectivity index (χ2n) is 4.43. The number of carbonyl (C=O) groups is 1. The molecule has 0 aliphatic rings. The number of benzene rings is 2. The summed E-state index contributed by atoms with van der Waals surface area (Å²) in [4.78, 5) is 12.1. The maximum atomic E-state index is 12.1. The van der Waals surface area contributed by atoms with E-state index in [0.717, 1.165) is 11.4 Å². The highest BCUT2D eigenvalue weighted by Gasteiger charge is 2.13. The standard InChI is InChI=1S/C16H16ClNOS/c1-12(20-11-13-5-3-2-4-6-13)16(19)18-15-9-7-14(17)8-10-15/h2-10,12H,11H2,1H3,(H,18,19)/t12-/m1/s1. The van der Waals surface area contributed by atoms with E-state index in [-0.39, 0.29) is 11.2 Å². The number of carbonyl (C=O) groups excluding carboxylic acids is 1. The molecule has 2 aromatic rings. The molecule has 2 aromatic carbocycles. The van der Waals surface area contributed by atoms with Gasteiger partial charge in [-0.1, -0.05) is 41.9 Å². The Morgan fingerprint density at radius 1 is 1.15 bits per heavy atom. The molecule has 1 amide bonds. The molecule has 0 aliphatic heterocycles. The summed E-state index contributed by atoms with van der Waals surface area (Å²) in [5.74, 6) is 0.837. The zero-order chi connectivity index (χ0) is 14.4. The normalized spacial score (nSPS) is 11.9. The largest absolute Gasteiger partial charge is 0.325 e. The number of rotatable bonds is 5. The van der Waals surface area contributed by atoms with Gasteiger partial charge in [-0.3, -0.25) is 4.79 Å². The summed E-state index contributed by atoms with van der Waals surface area (Å²) >= 11 is 7.43. The van der Waals surface area contributed by atoms with Crippen molar-refractivity contribution in [3.63, 3.8) is 0 Å². The van der Waals surface area contributed by atoms with E-state index in [1.54, 1.807) is 36.0 Å². The summed E-state index contributed by atoms with van der Waals surface area (Å²) in [6, 6.07) is 17.3. The second-order valence-corrected chi connectivity index (χ2v) is 6.20. The predicted molar refractivity (Wildman–Crippen MR) is 87.3 cm³/mol. The molecule has 1 atom stereocenters. The Morgan fingerprint density at radius 2 is 1.80 bits per heavy atom. The van der Waals surface area contributed by atoms with Crippen molar-refractivity contribution in [2.45, 2.75) is 17.9 Å². The van der Waals surface area contributed by atoms with Crippen molar-refractivity contribution in [1.29, 1.82) is 0 Å². The van der Waals surface area contributed by atoms with Crippen LogP contribution in [0, 0.1) is 0 Å². The highest BCUT2D eigenvalue weighted by molar-refractivity contribution is 7.99. The first-order valence-corrected chi connectivity index (χ1v) is 7.80. The molecule has 2 rings (SSSR count). The lowest BCUT2D eigenvalue weighted by Crippen LogP contribution is -2.22. The Kier molecular flexibility index (Phi) is 5.50. The summed E-state index contributed by atoms with van der Waals surface area (Å²) < 4.78 is 0. The molecule has 0 radical (unpaired) electrons. The number of amides is 1. The summed E-state index contributed by atoms with van der Waals surface area (Å²) in [7, 11) is 0. The molecule has 0 heterocycles. The molecule has 0 bridgehead atoms. The zero-order valence-corrected chi connectivity index (χ0v) is 12.7. The van der Waals surface area contributed by atoms with Gasteiger partial charge in [0.1, 0.15) is 0 Å². The lowest BCUT2D eigenvalue weighted by molar-refractivity contribution is -0.115. The number of nitrogens with one attached hydrogen (secondary N) is 1. The Morgan fingerprint density at radius 3 is 2.45 bits per heavy atom. The fourth-order valence-electron chi connectivity index (χ4n) is 1.65. The Balaban J connectivity index is 1.84. The van der Waals surface area contributed by atoms with Crippen molar-refractivity contribution in [1.82, 2.24) is 0 Å². The SMILES string of the molecule is C[C@@H](SCc1ccccc1)C(=O)Nc1ccc(Cl)cc1. The quantitative estimate of drug-likeness (QED) is 0.874. The van der Waals surface area contributed by atoms with Gasteiger partial charge >= 0.3 is 0 Å². The van der Waals surface area contributed by atoms with Crippen LogP contribution >= 0.6 is 23.4 Å². The molecule has 2 nitrogen and oxygen atoms in total. The third-order valence-electron chi connectivity index (χ3n) is 2.82. The first-order chi connectivity index (χ1) is 9.65. The van der Waals surface area contributed by atoms with Crippen LogP contribution in [0.25, 0.3) is 0 Å². The van der Waals surface area contributed by atoms with E-state index >= 15 is 0 Å². The molecule has 0 unspecified atom stereocenters. The summed E-state index contributed by atoms with van der Waals surface area (Å²) in [5.41, 5.74) is 2.00. The number of anilines is 1. The topological polar surface area (TPSA) is 29.1 Å². The third kappa shape index (κ3) is 4.58. The van der Waals surface area contributed by atoms with Crippen LogP contribution in [0.2, 0.25) is 5.02 Å². The smallest absolute Gasteiger partial charge is 0.237 e. The van der Waals surface area contributed by atoms with Crippen LogP contribution in [-0.4, -0.2) is 11.2 Å². The maximum Gasteiger partial charge on any atom is 0.237 e. The van der Waals surface area contributed by atoms with E-state index in [1.807, 2.05) is 25.1 Å². The van der Waals surface area contributed by atoms with Crippen LogP contribution < -0.4 is 5.32 Å². The van der Waals surface area contributed by atoms with Crippen molar-refractivity contribution in [3.8, 4) is 0 Å². The first kappa shape index (κ1) is 14.9. The van der Waals surface area contributed by atoms with E-state index in [2.05, 4.69) is 17.4 Å². The minimum absolute atomic E-state index is 0.00764. The van der Waals surface area contributed by atoms with Gasteiger partial charge in [0, 0.05) is 16.5 Å². The van der Waals surface area contributed by atoms with Crippen molar-refractivity contribution in [2.24, 2.45) is 0 Å². The molecule has 0 aromatic heterocycles. The van der Waals surface area contributed by atoms with Crippen LogP contribution in [0.15, 0.2) is 54.6 Å². The fraction of sp³-hybridized carbons (Fsp3) is 0.188. The molecule has 1 N–H and O–H groups in total. The minimum Gasteiger partial charge on any atom is -0.325 e. The lowest BCUT2D eigenvalue weighted by Gasteiger charge is -2.12. The van der Waals surface area contributed by atoms with Gasteiger partial charge in [0.15, 0.2) is 0 Å². The van der Waals surface area contributed by atoms with Gasteiger partial charge < -0.3 is 5.32 Å². The van der Waals surface area contributed by atoms with Crippen molar-refractivity contribution >= 4 is 35.0 Å². The number of thioether (sulfide) groups is 1. The van der Waals surface area contributed by atoms with Crippen molar-refractivity contribution in [3.05, 3.63) is 65.2 Å². The van der Waals surface area contributed by atoms with E-state index in [0.29, 0.717) is 5.02 Å². The van der Waals surface area contributed by atoms with Crippen LogP contribution in [0.1, 0.15) is 12.5 Å². The third-order valence-corrected chi connectivity index (χ3v) is 4.29. The molecule has 0 saturated heterocycles. The molecule has 0 saturated carbocycles. The van der Waals surface area contributed by atoms with Gasteiger partial charge in [-0.05, 0) is 36.8 Å². The van der Waals surface area contributed by atoms with Gasteiger partial charge in [0.25, 0.3) is 0 Å². The van der Waals surface area contributed by atoms with Crippen molar-refractivity contribution in [2.75, 3.05) is 5.32 Å². The van der Waals surface area contributed by atoms with Crippen LogP contribution in [0.3, 0.4) is 0 Å². The summed E-state index contributed by atoms with van der Waals surface area (Å²) in [6.45, 7) is 1.92. The number of halogens is 1. The van der Waals surface area contributed by atoms with E-state index < -0.39 is 0 Å². The van der Waals surface area contributed by atoms with Crippen molar-refractivity contribution < 1.29 is 4.79 Å². The van der Waals surface area contributed by atoms with E-state index in [9.17, 15) is 4.79 Å². The molecular weight excluding hydrogens is 290 g/mol. The monoisotopic (exact) mass is 305 g/mol. The van der Waals surface area contributed by atoms with Gasteiger partial charge in [0.2, 0.25) is 5.91 Å². The molecular formula is C16H16ClNOS. The van der Waals surface area contributed by atoms with Gasteiger partial charge in [0.05, 0.1) is 5.25 Å². The van der Waals surface area contributed by atoms with Gasteiger partial charge in [-0.15, -0.1) is 11.8 Å². The molecule has 0 spiro atoms. The average Bonchev–Trinajstić information content (AvgIpc) is 2.48. The van der Waals surface area contributed by atoms with Gasteiger partial charge in [-0.2, -0.15) is 0 Å². The van der Waals surface area contributed by atoms with Crippen LogP contribution in [-0.2, 0) is 10.5 Å². The minimum atomic E-state index is -0.106. The molecule has 104 valence electrons. The summed E-state index contributed by atoms with van der Waals surface area (Å²) in [6.07, 6.45) is 0. The molecule has 4 heteroatoms.